The van der Waals surface area contributed by atoms with Crippen LogP contribution in [0.1, 0.15) is 0 Å². The van der Waals surface area contributed by atoms with E-state index in [2.05, 4.69) is 5.16 Å². The largest absolute Gasteiger partial charge is 0.507 e. The fourth-order valence-electron chi connectivity index (χ4n) is 1.38. The summed E-state index contributed by atoms with van der Waals surface area (Å²) < 4.78 is 22.8. The number of rotatable bonds is 2. The Morgan fingerprint density at radius 1 is 1.44 bits per heavy atom. The van der Waals surface area contributed by atoms with Gasteiger partial charge in [0.1, 0.15) is 22.9 Å². The molecule has 6 heteroatoms. The molecule has 0 saturated heterocycles. The summed E-state index contributed by atoms with van der Waals surface area (Å²) in [5.41, 5.74) is 5.60. The Morgan fingerprint density at radius 3 is 2.75 bits per heavy atom. The first kappa shape index (κ1) is 10.3. The molecule has 0 unspecified atom stereocenters. The van der Waals surface area contributed by atoms with Gasteiger partial charge in [0.15, 0.2) is 11.6 Å². The van der Waals surface area contributed by atoms with Crippen molar-refractivity contribution < 1.29 is 18.8 Å². The van der Waals surface area contributed by atoms with Crippen LogP contribution in [-0.4, -0.2) is 17.4 Å². The molecule has 0 fully saturated rings. The number of benzene rings is 1. The third-order valence-corrected chi connectivity index (χ3v) is 2.04. The monoisotopic (exact) mass is 224 g/mol. The molecule has 0 atom stereocenters. The summed E-state index contributed by atoms with van der Waals surface area (Å²) in [5, 5.41) is 13.1. The van der Waals surface area contributed by atoms with Gasteiger partial charge in [-0.05, 0) is 0 Å². The number of aromatic nitrogens is 1. The van der Waals surface area contributed by atoms with Crippen molar-refractivity contribution in [2.24, 2.45) is 0 Å². The molecule has 0 spiro atoms. The number of ether oxygens (including phenoxy) is 1. The molecule has 3 N–H and O–H groups in total. The van der Waals surface area contributed by atoms with E-state index in [-0.39, 0.29) is 28.6 Å². The number of nitrogen functional groups attached to an aromatic ring is 1. The van der Waals surface area contributed by atoms with E-state index in [0.717, 1.165) is 12.1 Å². The Hall–Kier alpha value is -2.24. The van der Waals surface area contributed by atoms with E-state index in [0.29, 0.717) is 0 Å². The van der Waals surface area contributed by atoms with Gasteiger partial charge in [0.05, 0.1) is 7.11 Å². The Morgan fingerprint density at radius 2 is 2.19 bits per heavy atom. The maximum absolute atomic E-state index is 13.0. The van der Waals surface area contributed by atoms with Gasteiger partial charge in [0, 0.05) is 18.2 Å². The van der Waals surface area contributed by atoms with Crippen LogP contribution in [0.3, 0.4) is 0 Å². The molecule has 5 nitrogen and oxygen atoms in total. The van der Waals surface area contributed by atoms with Crippen LogP contribution in [0.15, 0.2) is 22.7 Å². The van der Waals surface area contributed by atoms with Crippen molar-refractivity contribution >= 4 is 5.82 Å². The van der Waals surface area contributed by atoms with Crippen molar-refractivity contribution in [3.63, 3.8) is 0 Å². The van der Waals surface area contributed by atoms with Crippen molar-refractivity contribution in [3.05, 3.63) is 24.0 Å². The number of phenols is 1. The van der Waals surface area contributed by atoms with Crippen molar-refractivity contribution in [2.75, 3.05) is 12.8 Å². The lowest BCUT2D eigenvalue weighted by molar-refractivity contribution is 0.394. The molecule has 0 aliphatic rings. The molecule has 2 rings (SSSR count). The Labute approximate surface area is 90.2 Å². The highest BCUT2D eigenvalue weighted by atomic mass is 19.1. The molecule has 0 amide bonds. The zero-order chi connectivity index (χ0) is 11.7. The predicted molar refractivity (Wildman–Crippen MR) is 54.5 cm³/mol. The van der Waals surface area contributed by atoms with Crippen molar-refractivity contribution in [3.8, 4) is 22.8 Å². The molecule has 1 aromatic carbocycles. The summed E-state index contributed by atoms with van der Waals surface area (Å²) in [6.07, 6.45) is 0. The predicted octanol–water partition coefficient (Wildman–Crippen LogP) is 1.78. The average molecular weight is 224 g/mol. The van der Waals surface area contributed by atoms with Gasteiger partial charge < -0.3 is 20.1 Å². The van der Waals surface area contributed by atoms with Crippen molar-refractivity contribution in [1.82, 2.24) is 5.16 Å². The normalized spacial score (nSPS) is 10.4. The second-order valence-corrected chi connectivity index (χ2v) is 3.12. The molecule has 2 aromatic rings. The van der Waals surface area contributed by atoms with Gasteiger partial charge in [-0.15, -0.1) is 0 Å². The molecule has 1 heterocycles. The number of anilines is 1. The van der Waals surface area contributed by atoms with Crippen LogP contribution >= 0.6 is 0 Å². The van der Waals surface area contributed by atoms with E-state index in [9.17, 15) is 9.50 Å². The van der Waals surface area contributed by atoms with Gasteiger partial charge in [-0.25, -0.2) is 4.39 Å². The first-order chi connectivity index (χ1) is 7.61. The third-order valence-electron chi connectivity index (χ3n) is 2.04. The number of nitrogens with zero attached hydrogens (tertiary/aromatic N) is 1. The lowest BCUT2D eigenvalue weighted by Gasteiger charge is -2.07. The molecular formula is C10H9FN2O3. The third kappa shape index (κ3) is 1.65. The van der Waals surface area contributed by atoms with E-state index in [1.807, 2.05) is 0 Å². The molecule has 0 saturated carbocycles. The number of nitrogens with two attached hydrogens (primary N) is 1. The average Bonchev–Trinajstić information content (AvgIpc) is 2.63. The van der Waals surface area contributed by atoms with E-state index in [1.54, 1.807) is 0 Å². The molecular weight excluding hydrogens is 215 g/mol. The summed E-state index contributed by atoms with van der Waals surface area (Å²) in [4.78, 5) is 0. The summed E-state index contributed by atoms with van der Waals surface area (Å²) >= 11 is 0. The molecule has 0 aliphatic heterocycles. The van der Waals surface area contributed by atoms with Crippen LogP contribution in [0.25, 0.3) is 11.3 Å². The van der Waals surface area contributed by atoms with Crippen LogP contribution in [0.4, 0.5) is 10.2 Å². The first-order valence-electron chi connectivity index (χ1n) is 4.41. The number of phenolic OH excluding ortho intramolecular Hbond substituents is 1. The minimum atomic E-state index is -0.606. The molecule has 0 bridgehead atoms. The number of aromatic hydroxyl groups is 1. The van der Waals surface area contributed by atoms with Crippen molar-refractivity contribution in [2.45, 2.75) is 0 Å². The van der Waals surface area contributed by atoms with Crippen LogP contribution in [0.2, 0.25) is 0 Å². The molecule has 16 heavy (non-hydrogen) atoms. The van der Waals surface area contributed by atoms with Gasteiger partial charge in [0.2, 0.25) is 0 Å². The Bertz CT molecular complexity index is 525. The maximum Gasteiger partial charge on any atom is 0.176 e. The van der Waals surface area contributed by atoms with E-state index in [4.69, 9.17) is 15.0 Å². The maximum atomic E-state index is 13.0. The fraction of sp³-hybridized carbons (Fsp3) is 0.100. The zero-order valence-electron chi connectivity index (χ0n) is 8.40. The van der Waals surface area contributed by atoms with E-state index in [1.165, 1.54) is 13.2 Å². The number of hydrogen-bond donors (Lipinski definition) is 2. The quantitative estimate of drug-likeness (QED) is 0.812. The minimum absolute atomic E-state index is 0.147. The first-order valence-corrected chi connectivity index (χ1v) is 4.41. The van der Waals surface area contributed by atoms with Gasteiger partial charge in [-0.1, -0.05) is 5.16 Å². The van der Waals surface area contributed by atoms with Crippen molar-refractivity contribution in [1.29, 1.82) is 0 Å². The standard InChI is InChI=1S/C10H9FN2O3/c1-15-7-3-5(11)2-6(14)10(7)8-4-9(12)13-16-8/h2-4,14H,1H3,(H2,12,13). The van der Waals surface area contributed by atoms with Crippen LogP contribution in [-0.2, 0) is 0 Å². The van der Waals surface area contributed by atoms with Gasteiger partial charge in [-0.2, -0.15) is 0 Å². The Kier molecular flexibility index (Phi) is 2.40. The smallest absolute Gasteiger partial charge is 0.176 e. The molecule has 0 radical (unpaired) electrons. The number of hydrogen-bond acceptors (Lipinski definition) is 5. The summed E-state index contributed by atoms with van der Waals surface area (Å²) in [6, 6.07) is 3.50. The highest BCUT2D eigenvalue weighted by Crippen LogP contribution is 2.38. The second-order valence-electron chi connectivity index (χ2n) is 3.12. The Balaban J connectivity index is 2.63. The second kappa shape index (κ2) is 3.73. The van der Waals surface area contributed by atoms with Gasteiger partial charge in [0.25, 0.3) is 0 Å². The minimum Gasteiger partial charge on any atom is -0.507 e. The van der Waals surface area contributed by atoms with E-state index < -0.39 is 5.82 Å². The van der Waals surface area contributed by atoms with Crippen LogP contribution < -0.4 is 10.5 Å². The van der Waals surface area contributed by atoms with Crippen LogP contribution in [0.5, 0.6) is 11.5 Å². The topological polar surface area (TPSA) is 81.5 Å². The molecule has 1 aromatic heterocycles. The lowest BCUT2D eigenvalue weighted by atomic mass is 10.1. The molecule has 0 aliphatic carbocycles. The summed E-state index contributed by atoms with van der Waals surface area (Å²) in [7, 11) is 1.36. The number of methoxy groups -OCH3 is 1. The van der Waals surface area contributed by atoms with Gasteiger partial charge >= 0.3 is 0 Å². The summed E-state index contributed by atoms with van der Waals surface area (Å²) in [6.45, 7) is 0. The van der Waals surface area contributed by atoms with Crippen LogP contribution in [0, 0.1) is 5.82 Å². The SMILES string of the molecule is COc1cc(F)cc(O)c1-c1cc(N)no1. The fourth-order valence-corrected chi connectivity index (χ4v) is 1.38. The van der Waals surface area contributed by atoms with Gasteiger partial charge in [-0.3, -0.25) is 0 Å². The number of halogens is 1. The zero-order valence-corrected chi connectivity index (χ0v) is 8.40. The van der Waals surface area contributed by atoms with E-state index >= 15 is 0 Å². The molecule has 84 valence electrons. The highest BCUT2D eigenvalue weighted by Gasteiger charge is 2.17. The lowest BCUT2D eigenvalue weighted by Crippen LogP contribution is -1.89. The summed E-state index contributed by atoms with van der Waals surface area (Å²) in [5.74, 6) is -0.375. The highest BCUT2D eigenvalue weighted by molar-refractivity contribution is 5.73.